The van der Waals surface area contributed by atoms with Crippen LogP contribution in [0.4, 0.5) is 17.1 Å². The Morgan fingerprint density at radius 2 is 0.648 bits per heavy atom. The van der Waals surface area contributed by atoms with Crippen molar-refractivity contribution >= 4 is 84.8 Å². The number of phenolic OH excluding ortho intramolecular Hbond substituents is 3. The minimum Gasteiger partial charge on any atom is -0.508 e. The number of Topliss-reactive ketones (excluding diaryl/α,β-unsaturated/α-hetero) is 3. The number of benzene rings is 6. The number of nitrogens with one attached hydrogen (secondary N) is 6. The Morgan fingerprint density at radius 1 is 0.386 bits per heavy atom. The SMILES string of the molecule is NCCCC(C(=O)Cc1c[nH]c2ccc(O)cc12)[C@H](N)C(=O)Nc1ccc(C(c2ccc(NC(=O)[C@@H](N)C(CCCN)C(=O)Cc3c[nH]c4ccc(O)cc34)cc2)c2ccc(NC(=O)[C@@H](N)C(CCCN)C(=O)Cc3c[nH]c4ccc(O)cc34)cc2)cc1. The summed E-state index contributed by atoms with van der Waals surface area (Å²) >= 11 is 0. The van der Waals surface area contributed by atoms with Gasteiger partial charge in [-0.25, -0.2) is 0 Å². The summed E-state index contributed by atoms with van der Waals surface area (Å²) in [6.07, 6.45) is 7.28. The van der Waals surface area contributed by atoms with Crippen LogP contribution in [0.5, 0.6) is 17.2 Å². The van der Waals surface area contributed by atoms with E-state index < -0.39 is 59.5 Å². The van der Waals surface area contributed by atoms with Crippen LogP contribution in [0.2, 0.25) is 0 Å². The van der Waals surface area contributed by atoms with E-state index in [0.717, 1.165) is 33.2 Å². The van der Waals surface area contributed by atoms with Crippen molar-refractivity contribution in [3.05, 3.63) is 179 Å². The molecule has 6 aromatic carbocycles. The molecule has 21 N–H and O–H groups in total. The first kappa shape index (κ1) is 63.0. The summed E-state index contributed by atoms with van der Waals surface area (Å²) in [6, 6.07) is 32.3. The third-order valence-corrected chi connectivity index (χ3v) is 16.5. The van der Waals surface area contributed by atoms with Crippen molar-refractivity contribution in [3.8, 4) is 17.2 Å². The Hall–Kier alpha value is -9.48. The molecule has 458 valence electrons. The number of carbonyl (C=O) groups excluding carboxylic acids is 6. The number of phenols is 3. The number of amides is 3. The normalized spacial score (nSPS) is 14.0. The van der Waals surface area contributed by atoms with Gasteiger partial charge in [-0.05, 0) is 183 Å². The maximum absolute atomic E-state index is 13.9. The van der Waals surface area contributed by atoms with Crippen LogP contribution in [-0.2, 0) is 48.0 Å². The zero-order valence-electron chi connectivity index (χ0n) is 48.6. The molecule has 0 spiro atoms. The van der Waals surface area contributed by atoms with Crippen molar-refractivity contribution in [2.75, 3.05) is 35.6 Å². The van der Waals surface area contributed by atoms with Gasteiger partial charge in [-0.3, -0.25) is 28.8 Å². The van der Waals surface area contributed by atoms with E-state index in [9.17, 15) is 44.1 Å². The summed E-state index contributed by atoms with van der Waals surface area (Å²) in [6.45, 7) is 0.872. The number of aromatic nitrogens is 3. The third kappa shape index (κ3) is 15.0. The second-order valence-electron chi connectivity index (χ2n) is 22.5. The van der Waals surface area contributed by atoms with Crippen molar-refractivity contribution in [1.82, 2.24) is 15.0 Å². The standard InChI is InChI=1S/C67H76N12O9/c68-25-1-4-49(58(83)28-40-34-74-55-22-19-46(80)31-52(40)55)62(71)65(86)77-43-13-7-37(8-14-43)61(38-9-15-44(16-10-38)78-66(87)63(72)50(5-2-26-69)59(84)29-41-35-75-56-23-20-47(81)32-53(41)56)39-11-17-45(18-12-39)79-67(88)64(73)51(6-3-27-70)60(85)30-42-36-76-57-24-21-48(82)33-54(42)57/h7-24,31-36,49-51,61-64,74-76,80-82H,1-6,25-30,68-73H2,(H,77,86)(H,78,87)(H,79,88)/t49?,50?,51?,61?,62-,63-,64-/m0/s1. The number of H-pyrrole nitrogens is 3. The molecule has 9 aromatic rings. The summed E-state index contributed by atoms with van der Waals surface area (Å²) in [5, 5.41) is 41.2. The number of carbonyl (C=O) groups is 6. The minimum absolute atomic E-state index is 0.0210. The van der Waals surface area contributed by atoms with E-state index >= 15 is 0 Å². The van der Waals surface area contributed by atoms with Crippen molar-refractivity contribution < 1.29 is 44.1 Å². The van der Waals surface area contributed by atoms with Crippen LogP contribution in [0.3, 0.4) is 0 Å². The first-order valence-corrected chi connectivity index (χ1v) is 29.5. The molecule has 3 unspecified atom stereocenters. The maximum atomic E-state index is 13.9. The highest BCUT2D eigenvalue weighted by atomic mass is 16.3. The Morgan fingerprint density at radius 3 is 0.898 bits per heavy atom. The van der Waals surface area contributed by atoms with E-state index in [1.165, 1.54) is 0 Å². The van der Waals surface area contributed by atoms with Gasteiger partial charge >= 0.3 is 0 Å². The van der Waals surface area contributed by atoms with Crippen LogP contribution in [-0.4, -0.2) is 103 Å². The Balaban J connectivity index is 0.934. The van der Waals surface area contributed by atoms with Crippen molar-refractivity contribution in [2.24, 2.45) is 52.2 Å². The molecular weight excluding hydrogens is 1120 g/mol. The van der Waals surface area contributed by atoms with Crippen LogP contribution < -0.4 is 50.4 Å². The lowest BCUT2D eigenvalue weighted by Crippen LogP contribution is -2.45. The molecule has 0 aliphatic carbocycles. The van der Waals surface area contributed by atoms with Crippen LogP contribution in [0.25, 0.3) is 32.7 Å². The number of nitrogens with two attached hydrogens (primary N) is 6. The largest absolute Gasteiger partial charge is 0.508 e. The molecule has 3 heterocycles. The van der Waals surface area contributed by atoms with Gasteiger partial charge in [0.25, 0.3) is 0 Å². The molecule has 0 bridgehead atoms. The number of rotatable bonds is 30. The monoisotopic (exact) mass is 1190 g/mol. The van der Waals surface area contributed by atoms with Crippen LogP contribution >= 0.6 is 0 Å². The van der Waals surface area contributed by atoms with Gasteiger partial charge in [0, 0.05) is 111 Å². The zero-order valence-corrected chi connectivity index (χ0v) is 48.6. The fourth-order valence-electron chi connectivity index (χ4n) is 11.6. The number of fused-ring (bicyclic) bond motifs is 3. The Kier molecular flexibility index (Phi) is 20.6. The van der Waals surface area contributed by atoms with Gasteiger partial charge in [-0.15, -0.1) is 0 Å². The van der Waals surface area contributed by atoms with Gasteiger partial charge in [-0.2, -0.15) is 0 Å². The highest BCUT2D eigenvalue weighted by Gasteiger charge is 2.34. The third-order valence-electron chi connectivity index (χ3n) is 16.5. The lowest BCUT2D eigenvalue weighted by molar-refractivity contribution is -0.128. The topological polar surface area (TPSA) is 403 Å². The van der Waals surface area contributed by atoms with Gasteiger partial charge in [0.2, 0.25) is 17.7 Å². The van der Waals surface area contributed by atoms with Crippen molar-refractivity contribution in [2.45, 2.75) is 81.8 Å². The van der Waals surface area contributed by atoms with E-state index in [0.29, 0.717) is 88.8 Å². The van der Waals surface area contributed by atoms with Gasteiger partial charge in [0.15, 0.2) is 0 Å². The summed E-state index contributed by atoms with van der Waals surface area (Å²) < 4.78 is 0. The molecule has 0 saturated heterocycles. The number of ketones is 3. The number of aromatic hydroxyl groups is 3. The molecule has 21 nitrogen and oxygen atoms in total. The molecule has 21 heteroatoms. The fourth-order valence-corrected chi connectivity index (χ4v) is 11.6. The van der Waals surface area contributed by atoms with E-state index in [2.05, 4.69) is 30.9 Å². The first-order chi connectivity index (χ1) is 42.4. The van der Waals surface area contributed by atoms with Gasteiger partial charge in [-0.1, -0.05) is 36.4 Å². The number of anilines is 3. The molecule has 3 amide bonds. The molecule has 9 rings (SSSR count). The lowest BCUT2D eigenvalue weighted by atomic mass is 9.84. The molecule has 0 radical (unpaired) electrons. The molecule has 0 aliphatic heterocycles. The number of hydrogen-bond donors (Lipinski definition) is 15. The van der Waals surface area contributed by atoms with Crippen LogP contribution in [0.1, 0.15) is 77.8 Å². The van der Waals surface area contributed by atoms with Crippen LogP contribution in [0, 0.1) is 17.8 Å². The predicted octanol–water partition coefficient (Wildman–Crippen LogP) is 6.73. The average Bonchev–Trinajstić information content (AvgIpc) is 4.15. The van der Waals surface area contributed by atoms with E-state index in [4.69, 9.17) is 34.4 Å². The van der Waals surface area contributed by atoms with E-state index in [1.54, 1.807) is 110 Å². The second-order valence-corrected chi connectivity index (χ2v) is 22.5. The summed E-state index contributed by atoms with van der Waals surface area (Å²) in [5.74, 6) is -5.33. The van der Waals surface area contributed by atoms with E-state index in [-0.39, 0.29) is 73.1 Å². The highest BCUT2D eigenvalue weighted by molar-refractivity contribution is 6.02. The maximum Gasteiger partial charge on any atom is 0.242 e. The molecular formula is C67H76N12O9. The Labute approximate surface area is 508 Å². The molecule has 0 aliphatic rings. The quantitative estimate of drug-likeness (QED) is 0.0208. The van der Waals surface area contributed by atoms with Gasteiger partial charge < -0.3 is 80.6 Å². The molecule has 6 atom stereocenters. The molecule has 3 aromatic heterocycles. The number of hydrogen-bond acceptors (Lipinski definition) is 15. The lowest BCUT2D eigenvalue weighted by Gasteiger charge is -2.24. The second kappa shape index (κ2) is 28.8. The Bertz CT molecular complexity index is 3530. The highest BCUT2D eigenvalue weighted by Crippen LogP contribution is 2.35. The summed E-state index contributed by atoms with van der Waals surface area (Å²) in [4.78, 5) is 92.9. The van der Waals surface area contributed by atoms with Gasteiger partial charge in [0.1, 0.15) is 34.6 Å². The predicted molar refractivity (Wildman–Crippen MR) is 341 cm³/mol. The van der Waals surface area contributed by atoms with E-state index in [1.807, 2.05) is 36.4 Å². The average molecular weight is 1190 g/mol. The number of aromatic amines is 3. The first-order valence-electron chi connectivity index (χ1n) is 29.5. The summed E-state index contributed by atoms with van der Waals surface area (Å²) in [5.41, 5.74) is 45.2. The molecule has 0 saturated carbocycles. The molecule has 88 heavy (non-hydrogen) atoms. The van der Waals surface area contributed by atoms with Crippen molar-refractivity contribution in [1.29, 1.82) is 0 Å². The van der Waals surface area contributed by atoms with Gasteiger partial charge in [0.05, 0.1) is 18.1 Å². The fraction of sp³-hybridized carbons (Fsp3) is 0.284. The van der Waals surface area contributed by atoms with Crippen molar-refractivity contribution in [3.63, 3.8) is 0 Å². The van der Waals surface area contributed by atoms with Crippen LogP contribution in [0.15, 0.2) is 146 Å². The molecule has 0 fully saturated rings. The zero-order chi connectivity index (χ0) is 62.6. The minimum atomic E-state index is -1.22. The summed E-state index contributed by atoms with van der Waals surface area (Å²) in [7, 11) is 0. The smallest absolute Gasteiger partial charge is 0.242 e.